The van der Waals surface area contributed by atoms with E-state index in [9.17, 15) is 0 Å². The summed E-state index contributed by atoms with van der Waals surface area (Å²) in [4.78, 5) is 2.48. The van der Waals surface area contributed by atoms with Crippen molar-refractivity contribution in [2.45, 2.75) is 83.8 Å². The van der Waals surface area contributed by atoms with Gasteiger partial charge in [-0.1, -0.05) is 32.6 Å². The van der Waals surface area contributed by atoms with E-state index in [0.717, 1.165) is 12.1 Å². The maximum absolute atomic E-state index is 3.82. The Bertz CT molecular complexity index is 193. The van der Waals surface area contributed by atoms with Crippen molar-refractivity contribution in [1.82, 2.24) is 10.2 Å². The Morgan fingerprint density at radius 3 is 2.71 bits per heavy atom. The third-order valence-electron chi connectivity index (χ3n) is 4.22. The Kier molecular flexibility index (Phi) is 7.14. The zero-order valence-electron chi connectivity index (χ0n) is 12.3. The first-order chi connectivity index (χ1) is 8.13. The Balaban J connectivity index is 2.11. The van der Waals surface area contributed by atoms with Crippen LogP contribution in [0.4, 0.5) is 0 Å². The van der Waals surface area contributed by atoms with Gasteiger partial charge in [0.1, 0.15) is 0 Å². The number of hydrogen-bond acceptors (Lipinski definition) is 2. The summed E-state index contributed by atoms with van der Waals surface area (Å²) in [5, 5.41) is 3.82. The standard InChI is InChI=1S/C15H32N2/c1-5-6-7-8-9-13(2)16-15-10-11-17(4)14(3)12-15/h13-16H,5-12H2,1-4H3. The van der Waals surface area contributed by atoms with Gasteiger partial charge in [-0.3, -0.25) is 0 Å². The average molecular weight is 240 g/mol. The first-order valence-electron chi connectivity index (χ1n) is 7.59. The number of unbranched alkanes of at least 4 members (excludes halogenated alkanes) is 3. The van der Waals surface area contributed by atoms with Crippen LogP contribution in [0.2, 0.25) is 0 Å². The lowest BCUT2D eigenvalue weighted by molar-refractivity contribution is 0.162. The molecule has 1 N–H and O–H groups in total. The number of hydrogen-bond donors (Lipinski definition) is 1. The van der Waals surface area contributed by atoms with Crippen LogP contribution in [0.1, 0.15) is 65.7 Å². The molecule has 0 saturated carbocycles. The molecular formula is C15H32N2. The van der Waals surface area contributed by atoms with E-state index in [-0.39, 0.29) is 0 Å². The minimum absolute atomic E-state index is 0.701. The molecule has 1 rings (SSSR count). The van der Waals surface area contributed by atoms with Crippen molar-refractivity contribution in [1.29, 1.82) is 0 Å². The molecule has 17 heavy (non-hydrogen) atoms. The summed E-state index contributed by atoms with van der Waals surface area (Å²) in [6.07, 6.45) is 9.53. The van der Waals surface area contributed by atoms with Crippen molar-refractivity contribution in [2.75, 3.05) is 13.6 Å². The van der Waals surface area contributed by atoms with Gasteiger partial charge in [0, 0.05) is 18.1 Å². The molecular weight excluding hydrogens is 208 g/mol. The van der Waals surface area contributed by atoms with E-state index in [1.165, 1.54) is 51.5 Å². The van der Waals surface area contributed by atoms with Gasteiger partial charge in [-0.25, -0.2) is 0 Å². The number of piperidine rings is 1. The Morgan fingerprint density at radius 1 is 1.29 bits per heavy atom. The summed E-state index contributed by atoms with van der Waals surface area (Å²) in [7, 11) is 2.25. The van der Waals surface area contributed by atoms with Crippen molar-refractivity contribution in [2.24, 2.45) is 0 Å². The molecule has 0 aromatic heterocycles. The predicted molar refractivity (Wildman–Crippen MR) is 76.5 cm³/mol. The van der Waals surface area contributed by atoms with Crippen LogP contribution in [0.15, 0.2) is 0 Å². The molecule has 0 amide bonds. The van der Waals surface area contributed by atoms with E-state index in [2.05, 4.69) is 38.0 Å². The van der Waals surface area contributed by atoms with E-state index in [1.807, 2.05) is 0 Å². The maximum atomic E-state index is 3.82. The zero-order chi connectivity index (χ0) is 12.7. The lowest BCUT2D eigenvalue weighted by atomic mass is 9.97. The molecule has 3 atom stereocenters. The van der Waals surface area contributed by atoms with Gasteiger partial charge < -0.3 is 10.2 Å². The predicted octanol–water partition coefficient (Wildman–Crippen LogP) is 3.42. The van der Waals surface area contributed by atoms with Crippen molar-refractivity contribution < 1.29 is 0 Å². The maximum Gasteiger partial charge on any atom is 0.00964 e. The van der Waals surface area contributed by atoms with Crippen molar-refractivity contribution in [3.05, 3.63) is 0 Å². The fourth-order valence-electron chi connectivity index (χ4n) is 2.80. The molecule has 1 aliphatic rings. The molecule has 2 nitrogen and oxygen atoms in total. The molecule has 0 aromatic carbocycles. The molecule has 1 fully saturated rings. The van der Waals surface area contributed by atoms with E-state index >= 15 is 0 Å². The third kappa shape index (κ3) is 5.87. The number of rotatable bonds is 7. The fraction of sp³-hybridized carbons (Fsp3) is 1.00. The lowest BCUT2D eigenvalue weighted by Gasteiger charge is -2.36. The third-order valence-corrected chi connectivity index (χ3v) is 4.22. The highest BCUT2D eigenvalue weighted by Crippen LogP contribution is 2.16. The molecule has 3 unspecified atom stereocenters. The molecule has 0 spiro atoms. The largest absolute Gasteiger partial charge is 0.311 e. The van der Waals surface area contributed by atoms with Gasteiger partial charge in [0.15, 0.2) is 0 Å². The quantitative estimate of drug-likeness (QED) is 0.686. The highest BCUT2D eigenvalue weighted by Gasteiger charge is 2.23. The normalized spacial score (nSPS) is 28.2. The molecule has 1 saturated heterocycles. The summed E-state index contributed by atoms with van der Waals surface area (Å²) >= 11 is 0. The molecule has 2 heteroatoms. The Hall–Kier alpha value is -0.0800. The first kappa shape index (κ1) is 15.0. The minimum Gasteiger partial charge on any atom is -0.311 e. The fourth-order valence-corrected chi connectivity index (χ4v) is 2.80. The van der Waals surface area contributed by atoms with Gasteiger partial charge in [-0.05, 0) is 46.7 Å². The topological polar surface area (TPSA) is 15.3 Å². The van der Waals surface area contributed by atoms with Crippen LogP contribution >= 0.6 is 0 Å². The molecule has 0 aliphatic carbocycles. The second-order valence-electron chi connectivity index (χ2n) is 5.97. The number of likely N-dealkylation sites (tertiary alicyclic amines) is 1. The summed E-state index contributed by atoms with van der Waals surface area (Å²) in [6, 6.07) is 2.20. The molecule has 1 aliphatic heterocycles. The van der Waals surface area contributed by atoms with E-state index in [0.29, 0.717) is 6.04 Å². The molecule has 102 valence electrons. The van der Waals surface area contributed by atoms with Crippen LogP contribution in [0, 0.1) is 0 Å². The summed E-state index contributed by atoms with van der Waals surface area (Å²) in [5.74, 6) is 0. The number of nitrogens with one attached hydrogen (secondary N) is 1. The molecule has 0 bridgehead atoms. The summed E-state index contributed by atoms with van der Waals surface area (Å²) in [6.45, 7) is 8.23. The van der Waals surface area contributed by atoms with E-state index in [1.54, 1.807) is 0 Å². The zero-order valence-corrected chi connectivity index (χ0v) is 12.3. The van der Waals surface area contributed by atoms with Gasteiger partial charge in [0.05, 0.1) is 0 Å². The molecule has 0 radical (unpaired) electrons. The Morgan fingerprint density at radius 2 is 2.06 bits per heavy atom. The van der Waals surface area contributed by atoms with Crippen LogP contribution in [0.5, 0.6) is 0 Å². The lowest BCUT2D eigenvalue weighted by Crippen LogP contribution is -2.47. The monoisotopic (exact) mass is 240 g/mol. The van der Waals surface area contributed by atoms with Gasteiger partial charge in [-0.2, -0.15) is 0 Å². The Labute approximate surface area is 108 Å². The van der Waals surface area contributed by atoms with Gasteiger partial charge >= 0.3 is 0 Å². The SMILES string of the molecule is CCCCCCC(C)NC1CCN(C)C(C)C1. The highest BCUT2D eigenvalue weighted by atomic mass is 15.1. The minimum atomic E-state index is 0.701. The van der Waals surface area contributed by atoms with Crippen LogP contribution in [0.25, 0.3) is 0 Å². The molecule has 1 heterocycles. The van der Waals surface area contributed by atoms with E-state index in [4.69, 9.17) is 0 Å². The smallest absolute Gasteiger partial charge is 0.00964 e. The first-order valence-corrected chi connectivity index (χ1v) is 7.59. The summed E-state index contributed by atoms with van der Waals surface area (Å²) in [5.41, 5.74) is 0. The van der Waals surface area contributed by atoms with Crippen LogP contribution in [0.3, 0.4) is 0 Å². The van der Waals surface area contributed by atoms with Crippen molar-refractivity contribution in [3.63, 3.8) is 0 Å². The van der Waals surface area contributed by atoms with Crippen molar-refractivity contribution >= 4 is 0 Å². The van der Waals surface area contributed by atoms with Crippen LogP contribution < -0.4 is 5.32 Å². The average Bonchev–Trinajstić information content (AvgIpc) is 2.30. The van der Waals surface area contributed by atoms with Gasteiger partial charge in [0.2, 0.25) is 0 Å². The molecule has 0 aromatic rings. The highest BCUT2D eigenvalue weighted by molar-refractivity contribution is 4.82. The van der Waals surface area contributed by atoms with Crippen molar-refractivity contribution in [3.8, 4) is 0 Å². The van der Waals surface area contributed by atoms with Crippen LogP contribution in [-0.4, -0.2) is 36.6 Å². The van der Waals surface area contributed by atoms with E-state index < -0.39 is 0 Å². The number of nitrogens with zero attached hydrogens (tertiary/aromatic N) is 1. The van der Waals surface area contributed by atoms with Gasteiger partial charge in [-0.15, -0.1) is 0 Å². The van der Waals surface area contributed by atoms with Crippen LogP contribution in [-0.2, 0) is 0 Å². The second-order valence-corrected chi connectivity index (χ2v) is 5.97. The van der Waals surface area contributed by atoms with Gasteiger partial charge in [0.25, 0.3) is 0 Å². The second kappa shape index (κ2) is 8.10. The summed E-state index contributed by atoms with van der Waals surface area (Å²) < 4.78 is 0.